The molecule has 0 aromatic carbocycles. The molecule has 0 amide bonds. The van der Waals surface area contributed by atoms with E-state index in [0.717, 1.165) is 36.1 Å². The van der Waals surface area contributed by atoms with Gasteiger partial charge in [0.1, 0.15) is 5.65 Å². The van der Waals surface area contributed by atoms with Gasteiger partial charge in [-0.05, 0) is 25.0 Å². The monoisotopic (exact) mass is 274 g/mol. The number of pyridine rings is 1. The van der Waals surface area contributed by atoms with Gasteiger partial charge in [-0.2, -0.15) is 0 Å². The van der Waals surface area contributed by atoms with Crippen LogP contribution >= 0.6 is 0 Å². The van der Waals surface area contributed by atoms with Gasteiger partial charge in [-0.1, -0.05) is 0 Å². The van der Waals surface area contributed by atoms with E-state index < -0.39 is 5.97 Å². The topological polar surface area (TPSA) is 72.5 Å². The first-order chi connectivity index (χ1) is 9.66. The molecule has 6 heteroatoms. The fourth-order valence-corrected chi connectivity index (χ4v) is 2.81. The lowest BCUT2D eigenvalue weighted by molar-refractivity contribution is -0.143. The fourth-order valence-electron chi connectivity index (χ4n) is 2.81. The van der Waals surface area contributed by atoms with Crippen LogP contribution < -0.4 is 5.01 Å². The summed E-state index contributed by atoms with van der Waals surface area (Å²) in [5, 5.41) is 14.4. The van der Waals surface area contributed by atoms with Gasteiger partial charge in [-0.15, -0.1) is 0 Å². The molecule has 0 aliphatic carbocycles. The molecule has 106 valence electrons. The first kappa shape index (κ1) is 12.9. The minimum Gasteiger partial charge on any atom is -0.481 e. The minimum atomic E-state index is -0.704. The molecule has 1 unspecified atom stereocenters. The number of H-pyrrole nitrogens is 1. The van der Waals surface area contributed by atoms with Crippen molar-refractivity contribution in [1.29, 1.82) is 0 Å². The lowest BCUT2D eigenvalue weighted by Crippen LogP contribution is -2.47. The van der Waals surface area contributed by atoms with E-state index in [1.807, 2.05) is 30.4 Å². The molecule has 0 radical (unpaired) electrons. The van der Waals surface area contributed by atoms with Gasteiger partial charge in [-0.25, -0.2) is 9.99 Å². The molecule has 0 bridgehead atoms. The highest BCUT2D eigenvalue weighted by molar-refractivity contribution is 5.89. The lowest BCUT2D eigenvalue weighted by atomic mass is 9.99. The third kappa shape index (κ3) is 2.22. The van der Waals surface area contributed by atoms with Crippen molar-refractivity contribution in [2.45, 2.75) is 12.8 Å². The molecule has 1 aliphatic heterocycles. The Morgan fingerprint density at radius 1 is 1.55 bits per heavy atom. The van der Waals surface area contributed by atoms with E-state index in [1.54, 1.807) is 6.20 Å². The summed E-state index contributed by atoms with van der Waals surface area (Å²) < 4.78 is 0. The Morgan fingerprint density at radius 3 is 3.20 bits per heavy atom. The first-order valence-electron chi connectivity index (χ1n) is 6.80. The number of aliphatic carboxylic acids is 1. The maximum Gasteiger partial charge on any atom is 0.307 e. The molecule has 0 saturated carbocycles. The van der Waals surface area contributed by atoms with Crippen LogP contribution in [0.15, 0.2) is 24.5 Å². The number of fused-ring (bicyclic) bond motifs is 1. The zero-order chi connectivity index (χ0) is 14.1. The molecule has 1 fully saturated rings. The Bertz CT molecular complexity index is 624. The highest BCUT2D eigenvalue weighted by Gasteiger charge is 2.28. The maximum atomic E-state index is 11.2. The van der Waals surface area contributed by atoms with E-state index in [9.17, 15) is 9.90 Å². The average Bonchev–Trinajstić information content (AvgIpc) is 2.95. The van der Waals surface area contributed by atoms with Crippen molar-refractivity contribution < 1.29 is 9.90 Å². The van der Waals surface area contributed by atoms with Crippen LogP contribution in [0.4, 0.5) is 5.69 Å². The summed E-state index contributed by atoms with van der Waals surface area (Å²) in [6, 6.07) is 3.95. The first-order valence-corrected chi connectivity index (χ1v) is 6.80. The van der Waals surface area contributed by atoms with Gasteiger partial charge in [0, 0.05) is 37.9 Å². The van der Waals surface area contributed by atoms with E-state index in [2.05, 4.69) is 15.0 Å². The number of nitrogens with zero attached hydrogens (tertiary/aromatic N) is 3. The molecule has 2 aromatic heterocycles. The Labute approximate surface area is 117 Å². The smallest absolute Gasteiger partial charge is 0.307 e. The summed E-state index contributed by atoms with van der Waals surface area (Å²) in [5.74, 6) is -0.987. The standard InChI is InChI=1S/C14H18N4O2/c1-17(18-8-2-3-10(9-18)14(19)20)12-5-7-16-13-11(12)4-6-15-13/h4-7,10H,2-3,8-9H2,1H3,(H,15,16)(H,19,20). The van der Waals surface area contributed by atoms with Crippen molar-refractivity contribution in [2.75, 3.05) is 25.1 Å². The predicted molar refractivity (Wildman–Crippen MR) is 76.4 cm³/mol. The fraction of sp³-hybridized carbons (Fsp3) is 0.429. The summed E-state index contributed by atoms with van der Waals surface area (Å²) in [4.78, 5) is 18.5. The number of hydrazine groups is 1. The van der Waals surface area contributed by atoms with Gasteiger partial charge in [0.25, 0.3) is 0 Å². The summed E-state index contributed by atoms with van der Waals surface area (Å²) in [6.07, 6.45) is 5.30. The summed E-state index contributed by atoms with van der Waals surface area (Å²) >= 11 is 0. The number of hydrogen-bond donors (Lipinski definition) is 2. The summed E-state index contributed by atoms with van der Waals surface area (Å²) in [7, 11) is 1.98. The molecule has 1 saturated heterocycles. The predicted octanol–water partition coefficient (Wildman–Crippen LogP) is 1.71. The third-order valence-corrected chi connectivity index (χ3v) is 3.96. The number of nitrogens with one attached hydrogen (secondary N) is 1. The molecular formula is C14H18N4O2. The highest BCUT2D eigenvalue weighted by atomic mass is 16.4. The van der Waals surface area contributed by atoms with Gasteiger partial charge in [-0.3, -0.25) is 4.79 Å². The summed E-state index contributed by atoms with van der Waals surface area (Å²) in [5.41, 5.74) is 1.89. The molecule has 20 heavy (non-hydrogen) atoms. The van der Waals surface area contributed by atoms with Crippen molar-refractivity contribution >= 4 is 22.7 Å². The normalized spacial score (nSPS) is 20.1. The van der Waals surface area contributed by atoms with Crippen molar-refractivity contribution in [3.63, 3.8) is 0 Å². The van der Waals surface area contributed by atoms with Crippen LogP contribution in [-0.2, 0) is 4.79 Å². The van der Waals surface area contributed by atoms with E-state index >= 15 is 0 Å². The maximum absolute atomic E-state index is 11.2. The van der Waals surface area contributed by atoms with Crippen molar-refractivity contribution in [3.05, 3.63) is 24.5 Å². The second-order valence-electron chi connectivity index (χ2n) is 5.18. The SMILES string of the molecule is CN(c1ccnc2[nH]ccc12)N1CCCC(C(=O)O)C1. The molecule has 2 N–H and O–H groups in total. The number of carbonyl (C=O) groups is 1. The largest absolute Gasteiger partial charge is 0.481 e. The van der Waals surface area contributed by atoms with Crippen LogP contribution in [0.5, 0.6) is 0 Å². The van der Waals surface area contributed by atoms with Crippen LogP contribution in [0.2, 0.25) is 0 Å². The zero-order valence-electron chi connectivity index (χ0n) is 11.4. The third-order valence-electron chi connectivity index (χ3n) is 3.96. The Balaban J connectivity index is 1.86. The number of piperidine rings is 1. The van der Waals surface area contributed by atoms with E-state index in [4.69, 9.17) is 0 Å². The van der Waals surface area contributed by atoms with Crippen molar-refractivity contribution in [1.82, 2.24) is 15.0 Å². The number of carboxylic acids is 1. The molecule has 3 rings (SSSR count). The lowest BCUT2D eigenvalue weighted by Gasteiger charge is -2.38. The number of carboxylic acid groups (broad SMARTS) is 1. The Kier molecular flexibility index (Phi) is 3.31. The molecule has 2 aromatic rings. The zero-order valence-corrected chi connectivity index (χ0v) is 11.4. The number of anilines is 1. The quantitative estimate of drug-likeness (QED) is 0.891. The number of rotatable bonds is 3. The minimum absolute atomic E-state index is 0.283. The molecule has 3 heterocycles. The van der Waals surface area contributed by atoms with Gasteiger partial charge >= 0.3 is 5.97 Å². The van der Waals surface area contributed by atoms with Crippen LogP contribution in [-0.4, -0.2) is 46.2 Å². The van der Waals surface area contributed by atoms with Crippen molar-refractivity contribution in [3.8, 4) is 0 Å². The van der Waals surface area contributed by atoms with Crippen LogP contribution in [0.25, 0.3) is 11.0 Å². The summed E-state index contributed by atoms with van der Waals surface area (Å²) in [6.45, 7) is 1.44. The Hall–Kier alpha value is -2.08. The average molecular weight is 274 g/mol. The molecule has 6 nitrogen and oxygen atoms in total. The number of aromatic amines is 1. The van der Waals surface area contributed by atoms with Gasteiger partial charge in [0.2, 0.25) is 0 Å². The van der Waals surface area contributed by atoms with E-state index in [1.165, 1.54) is 0 Å². The molecule has 0 spiro atoms. The van der Waals surface area contributed by atoms with Crippen LogP contribution in [0.3, 0.4) is 0 Å². The van der Waals surface area contributed by atoms with E-state index in [-0.39, 0.29) is 5.92 Å². The number of aromatic nitrogens is 2. The van der Waals surface area contributed by atoms with E-state index in [0.29, 0.717) is 6.54 Å². The Morgan fingerprint density at radius 2 is 2.40 bits per heavy atom. The van der Waals surface area contributed by atoms with Gasteiger partial charge in [0.05, 0.1) is 11.6 Å². The molecule has 1 atom stereocenters. The van der Waals surface area contributed by atoms with Crippen LogP contribution in [0.1, 0.15) is 12.8 Å². The van der Waals surface area contributed by atoms with Crippen LogP contribution in [0, 0.1) is 5.92 Å². The van der Waals surface area contributed by atoms with Crippen molar-refractivity contribution in [2.24, 2.45) is 5.92 Å². The second-order valence-corrected chi connectivity index (χ2v) is 5.18. The highest BCUT2D eigenvalue weighted by Crippen LogP contribution is 2.27. The van der Waals surface area contributed by atoms with Gasteiger partial charge in [0.15, 0.2) is 0 Å². The second kappa shape index (κ2) is 5.13. The molecule has 1 aliphatic rings. The van der Waals surface area contributed by atoms with Gasteiger partial charge < -0.3 is 15.1 Å². The molecular weight excluding hydrogens is 256 g/mol. The number of hydrogen-bond acceptors (Lipinski definition) is 4.